The summed E-state index contributed by atoms with van der Waals surface area (Å²) in [4.78, 5) is 5.37. The summed E-state index contributed by atoms with van der Waals surface area (Å²) in [6, 6.07) is 0.836. The van der Waals surface area contributed by atoms with Gasteiger partial charge in [-0.25, -0.2) is 0 Å². The van der Waals surface area contributed by atoms with Crippen molar-refractivity contribution in [1.82, 2.24) is 9.80 Å². The van der Waals surface area contributed by atoms with Gasteiger partial charge >= 0.3 is 0 Å². The van der Waals surface area contributed by atoms with Crippen LogP contribution < -0.4 is 5.73 Å². The minimum absolute atomic E-state index is 0.147. The maximum Gasteiger partial charge on any atom is 0.0283 e. The lowest BCUT2D eigenvalue weighted by molar-refractivity contribution is 0.185. The van der Waals surface area contributed by atoms with Crippen LogP contribution in [0.5, 0.6) is 0 Å². The number of rotatable bonds is 2. The first kappa shape index (κ1) is 11.9. The van der Waals surface area contributed by atoms with Gasteiger partial charge in [0.05, 0.1) is 0 Å². The average Bonchev–Trinajstić information content (AvgIpc) is 2.85. The van der Waals surface area contributed by atoms with Crippen molar-refractivity contribution >= 4 is 0 Å². The van der Waals surface area contributed by atoms with E-state index in [1.807, 2.05) is 0 Å². The van der Waals surface area contributed by atoms with Crippen molar-refractivity contribution in [1.29, 1.82) is 0 Å². The highest BCUT2D eigenvalue weighted by molar-refractivity contribution is 4.94. The Labute approximate surface area is 105 Å². The molecule has 17 heavy (non-hydrogen) atoms. The Kier molecular flexibility index (Phi) is 3.42. The smallest absolute Gasteiger partial charge is 0.0283 e. The topological polar surface area (TPSA) is 32.5 Å². The van der Waals surface area contributed by atoms with Crippen LogP contribution in [-0.2, 0) is 0 Å². The zero-order valence-electron chi connectivity index (χ0n) is 11.0. The number of fused-ring (bicyclic) bond motifs is 1. The predicted octanol–water partition coefficient (Wildman–Crippen LogP) is 1.43. The molecule has 3 aliphatic rings. The second-order valence-corrected chi connectivity index (χ2v) is 6.49. The standard InChI is InChI=1S/C14H27N3/c15-14(6-1-2-7-14)12-16-8-4-10-17-9-3-5-13(17)11-16/h13H,1-12,15H2. The fourth-order valence-corrected chi connectivity index (χ4v) is 4.11. The molecule has 1 unspecified atom stereocenters. The number of nitrogens with zero attached hydrogens (tertiary/aromatic N) is 2. The van der Waals surface area contributed by atoms with Crippen molar-refractivity contribution in [2.75, 3.05) is 32.7 Å². The van der Waals surface area contributed by atoms with E-state index in [4.69, 9.17) is 5.73 Å². The molecule has 0 radical (unpaired) electrons. The molecular formula is C14H27N3. The van der Waals surface area contributed by atoms with Gasteiger partial charge in [-0.1, -0.05) is 12.8 Å². The van der Waals surface area contributed by atoms with E-state index in [1.165, 1.54) is 71.1 Å². The fourth-order valence-electron chi connectivity index (χ4n) is 4.11. The summed E-state index contributed by atoms with van der Waals surface area (Å²) in [5, 5.41) is 0. The van der Waals surface area contributed by atoms with Crippen molar-refractivity contribution in [3.05, 3.63) is 0 Å². The Hall–Kier alpha value is -0.120. The highest BCUT2D eigenvalue weighted by atomic mass is 15.3. The van der Waals surface area contributed by atoms with Gasteiger partial charge in [0.15, 0.2) is 0 Å². The fraction of sp³-hybridized carbons (Fsp3) is 1.00. The van der Waals surface area contributed by atoms with Gasteiger partial charge in [-0.05, 0) is 51.7 Å². The molecule has 2 heterocycles. The minimum atomic E-state index is 0.147. The summed E-state index contributed by atoms with van der Waals surface area (Å²) in [6.45, 7) is 6.35. The molecule has 0 aromatic carbocycles. The van der Waals surface area contributed by atoms with Gasteiger partial charge in [-0.2, -0.15) is 0 Å². The molecule has 3 heteroatoms. The van der Waals surface area contributed by atoms with E-state index in [0.717, 1.165) is 12.6 Å². The van der Waals surface area contributed by atoms with Crippen LogP contribution >= 0.6 is 0 Å². The molecule has 98 valence electrons. The molecule has 0 amide bonds. The summed E-state index contributed by atoms with van der Waals surface area (Å²) in [5.41, 5.74) is 6.67. The second kappa shape index (κ2) is 4.87. The molecule has 1 atom stereocenters. The monoisotopic (exact) mass is 237 g/mol. The number of hydrogen-bond acceptors (Lipinski definition) is 3. The van der Waals surface area contributed by atoms with Crippen LogP contribution in [0.1, 0.15) is 44.9 Å². The van der Waals surface area contributed by atoms with E-state index >= 15 is 0 Å². The van der Waals surface area contributed by atoms with Crippen molar-refractivity contribution in [2.24, 2.45) is 5.73 Å². The van der Waals surface area contributed by atoms with E-state index in [1.54, 1.807) is 0 Å². The van der Waals surface area contributed by atoms with Crippen LogP contribution in [0.15, 0.2) is 0 Å². The summed E-state index contributed by atoms with van der Waals surface area (Å²) in [6.07, 6.45) is 9.35. The van der Waals surface area contributed by atoms with Gasteiger partial charge in [0.1, 0.15) is 0 Å². The zero-order valence-corrected chi connectivity index (χ0v) is 11.0. The molecular weight excluding hydrogens is 210 g/mol. The molecule has 2 N–H and O–H groups in total. The van der Waals surface area contributed by atoms with Crippen LogP contribution in [0.2, 0.25) is 0 Å². The van der Waals surface area contributed by atoms with E-state index in [0.29, 0.717) is 0 Å². The molecule has 0 bridgehead atoms. The van der Waals surface area contributed by atoms with Crippen molar-refractivity contribution < 1.29 is 0 Å². The van der Waals surface area contributed by atoms with Gasteiger partial charge < -0.3 is 5.73 Å². The quantitative estimate of drug-likeness (QED) is 0.788. The molecule has 1 aliphatic carbocycles. The van der Waals surface area contributed by atoms with Crippen LogP contribution in [0.3, 0.4) is 0 Å². The first-order valence-corrected chi connectivity index (χ1v) is 7.51. The second-order valence-electron chi connectivity index (χ2n) is 6.49. The molecule has 3 nitrogen and oxygen atoms in total. The summed E-state index contributed by atoms with van der Waals surface area (Å²) in [5.74, 6) is 0. The summed E-state index contributed by atoms with van der Waals surface area (Å²) < 4.78 is 0. The Morgan fingerprint density at radius 1 is 1.00 bits per heavy atom. The maximum absolute atomic E-state index is 6.52. The molecule has 0 aromatic heterocycles. The predicted molar refractivity (Wildman–Crippen MR) is 71.0 cm³/mol. The maximum atomic E-state index is 6.52. The lowest BCUT2D eigenvalue weighted by Crippen LogP contribution is -2.50. The third-order valence-corrected chi connectivity index (χ3v) is 5.03. The molecule has 2 aliphatic heterocycles. The lowest BCUT2D eigenvalue weighted by Gasteiger charge is -2.33. The average molecular weight is 237 g/mol. The Balaban J connectivity index is 1.59. The largest absolute Gasteiger partial charge is 0.324 e. The summed E-state index contributed by atoms with van der Waals surface area (Å²) >= 11 is 0. The Morgan fingerprint density at radius 3 is 2.59 bits per heavy atom. The van der Waals surface area contributed by atoms with E-state index in [2.05, 4.69) is 9.80 Å². The van der Waals surface area contributed by atoms with Crippen molar-refractivity contribution in [2.45, 2.75) is 56.5 Å². The van der Waals surface area contributed by atoms with E-state index in [-0.39, 0.29) is 5.54 Å². The lowest BCUT2D eigenvalue weighted by atomic mass is 9.98. The molecule has 3 rings (SSSR count). The molecule has 2 saturated heterocycles. The Bertz CT molecular complexity index is 260. The van der Waals surface area contributed by atoms with E-state index in [9.17, 15) is 0 Å². The summed E-state index contributed by atoms with van der Waals surface area (Å²) in [7, 11) is 0. The van der Waals surface area contributed by atoms with Gasteiger partial charge in [0.2, 0.25) is 0 Å². The molecule has 0 spiro atoms. The van der Waals surface area contributed by atoms with Crippen LogP contribution in [0, 0.1) is 0 Å². The molecule has 0 aromatic rings. The molecule has 1 saturated carbocycles. The van der Waals surface area contributed by atoms with Gasteiger partial charge in [0, 0.05) is 24.7 Å². The Morgan fingerprint density at radius 2 is 1.76 bits per heavy atom. The van der Waals surface area contributed by atoms with Crippen LogP contribution in [-0.4, -0.2) is 54.1 Å². The zero-order chi connectivity index (χ0) is 11.7. The van der Waals surface area contributed by atoms with Crippen LogP contribution in [0.25, 0.3) is 0 Å². The van der Waals surface area contributed by atoms with Gasteiger partial charge in [-0.3, -0.25) is 9.80 Å². The molecule has 3 fully saturated rings. The SMILES string of the molecule is NC1(CN2CCCN3CCCC3C2)CCCC1. The first-order chi connectivity index (χ1) is 8.25. The third kappa shape index (κ3) is 2.67. The minimum Gasteiger partial charge on any atom is -0.324 e. The highest BCUT2D eigenvalue weighted by Crippen LogP contribution is 2.29. The van der Waals surface area contributed by atoms with Gasteiger partial charge in [-0.15, -0.1) is 0 Å². The van der Waals surface area contributed by atoms with Crippen molar-refractivity contribution in [3.63, 3.8) is 0 Å². The number of hydrogen-bond donors (Lipinski definition) is 1. The van der Waals surface area contributed by atoms with Crippen LogP contribution in [0.4, 0.5) is 0 Å². The number of nitrogens with two attached hydrogens (primary N) is 1. The van der Waals surface area contributed by atoms with Gasteiger partial charge in [0.25, 0.3) is 0 Å². The normalized spacial score (nSPS) is 34.8. The third-order valence-electron chi connectivity index (χ3n) is 5.03. The van der Waals surface area contributed by atoms with E-state index < -0.39 is 0 Å². The van der Waals surface area contributed by atoms with Crippen molar-refractivity contribution in [3.8, 4) is 0 Å². The highest BCUT2D eigenvalue weighted by Gasteiger charge is 2.34. The first-order valence-electron chi connectivity index (χ1n) is 7.51.